The number of rotatable bonds is 4. The molecule has 0 aromatic heterocycles. The largest absolute Gasteiger partial charge is 0.399 e. The molecule has 2 N–H and O–H groups in total. The lowest BCUT2D eigenvalue weighted by molar-refractivity contribution is 0.0743. The molecule has 2 rings (SSSR count). The Balaban J connectivity index is 0.00000242. The quantitative estimate of drug-likeness (QED) is 0.874. The molecule has 0 fully saturated rings. The standard InChI is InChI=1S/C18H22N2O.ClH/c1-13-7-9-15(10-8-13)11-14(2)20(3)18(21)16-5-4-6-17(19)12-16;/h4-10,12,14H,11,19H2,1-3H3;1H. The van der Waals surface area contributed by atoms with Crippen LogP contribution in [0.15, 0.2) is 48.5 Å². The van der Waals surface area contributed by atoms with Gasteiger partial charge >= 0.3 is 0 Å². The van der Waals surface area contributed by atoms with E-state index in [4.69, 9.17) is 5.73 Å². The van der Waals surface area contributed by atoms with Gasteiger partial charge < -0.3 is 10.6 Å². The molecule has 0 saturated heterocycles. The number of hydrogen-bond donors (Lipinski definition) is 1. The van der Waals surface area contributed by atoms with Crippen LogP contribution in [0, 0.1) is 6.92 Å². The summed E-state index contributed by atoms with van der Waals surface area (Å²) in [5.41, 5.74) is 9.47. The topological polar surface area (TPSA) is 46.3 Å². The van der Waals surface area contributed by atoms with Crippen LogP contribution in [0.2, 0.25) is 0 Å². The Hall–Kier alpha value is -2.00. The van der Waals surface area contributed by atoms with Crippen LogP contribution >= 0.6 is 12.4 Å². The number of hydrogen-bond acceptors (Lipinski definition) is 2. The van der Waals surface area contributed by atoms with E-state index in [1.807, 2.05) is 7.05 Å². The molecular formula is C18H23ClN2O. The third-order valence-electron chi connectivity index (χ3n) is 3.77. The van der Waals surface area contributed by atoms with Gasteiger partial charge in [0.2, 0.25) is 0 Å². The van der Waals surface area contributed by atoms with Gasteiger partial charge in [0, 0.05) is 24.3 Å². The monoisotopic (exact) mass is 318 g/mol. The van der Waals surface area contributed by atoms with E-state index in [0.717, 1.165) is 6.42 Å². The SMILES string of the molecule is Cc1ccc(CC(C)N(C)C(=O)c2cccc(N)c2)cc1.Cl. The molecule has 118 valence electrons. The normalized spacial score (nSPS) is 11.4. The first kappa shape index (κ1) is 18.1. The highest BCUT2D eigenvalue weighted by Crippen LogP contribution is 2.14. The maximum absolute atomic E-state index is 12.5. The van der Waals surface area contributed by atoms with Crippen molar-refractivity contribution in [1.82, 2.24) is 4.90 Å². The molecule has 0 heterocycles. The summed E-state index contributed by atoms with van der Waals surface area (Å²) < 4.78 is 0. The number of nitrogen functional groups attached to an aromatic ring is 1. The molecule has 1 unspecified atom stereocenters. The van der Waals surface area contributed by atoms with Crippen molar-refractivity contribution >= 4 is 24.0 Å². The lowest BCUT2D eigenvalue weighted by Gasteiger charge is -2.25. The van der Waals surface area contributed by atoms with Gasteiger partial charge in [-0.1, -0.05) is 35.9 Å². The smallest absolute Gasteiger partial charge is 0.253 e. The molecule has 0 aliphatic heterocycles. The highest BCUT2D eigenvalue weighted by atomic mass is 35.5. The fourth-order valence-electron chi connectivity index (χ4n) is 2.28. The summed E-state index contributed by atoms with van der Waals surface area (Å²) in [6.07, 6.45) is 0.838. The minimum Gasteiger partial charge on any atom is -0.399 e. The summed E-state index contributed by atoms with van der Waals surface area (Å²) in [5.74, 6) is 0.00177. The van der Waals surface area contributed by atoms with Gasteiger partial charge in [-0.2, -0.15) is 0 Å². The number of amides is 1. The van der Waals surface area contributed by atoms with Crippen LogP contribution in [0.5, 0.6) is 0 Å². The Bertz CT molecular complexity index is 625. The van der Waals surface area contributed by atoms with E-state index >= 15 is 0 Å². The zero-order valence-electron chi connectivity index (χ0n) is 13.2. The van der Waals surface area contributed by atoms with Gasteiger partial charge in [-0.05, 0) is 44.0 Å². The molecule has 1 amide bonds. The fourth-order valence-corrected chi connectivity index (χ4v) is 2.28. The predicted molar refractivity (Wildman–Crippen MR) is 94.5 cm³/mol. The lowest BCUT2D eigenvalue weighted by Crippen LogP contribution is -2.36. The number of anilines is 1. The molecule has 22 heavy (non-hydrogen) atoms. The van der Waals surface area contributed by atoms with Crippen LogP contribution in [-0.4, -0.2) is 23.9 Å². The first-order valence-corrected chi connectivity index (χ1v) is 7.15. The van der Waals surface area contributed by atoms with E-state index in [1.54, 1.807) is 29.2 Å². The Morgan fingerprint density at radius 2 is 1.82 bits per heavy atom. The molecule has 1 atom stereocenters. The number of nitrogens with two attached hydrogens (primary N) is 1. The molecule has 0 radical (unpaired) electrons. The fraction of sp³-hybridized carbons (Fsp3) is 0.278. The summed E-state index contributed by atoms with van der Waals surface area (Å²) in [4.78, 5) is 14.2. The number of carbonyl (C=O) groups is 1. The second kappa shape index (κ2) is 7.85. The number of likely N-dealkylation sites (N-methyl/N-ethyl adjacent to an activating group) is 1. The van der Waals surface area contributed by atoms with Gasteiger partial charge in [0.25, 0.3) is 5.91 Å². The number of nitrogens with zero attached hydrogens (tertiary/aromatic N) is 1. The van der Waals surface area contributed by atoms with Crippen LogP contribution < -0.4 is 5.73 Å². The Labute approximate surface area is 138 Å². The minimum atomic E-state index is 0. The van der Waals surface area contributed by atoms with Crippen molar-refractivity contribution in [2.24, 2.45) is 0 Å². The molecule has 2 aromatic rings. The van der Waals surface area contributed by atoms with Crippen LogP contribution in [0.3, 0.4) is 0 Å². The Morgan fingerprint density at radius 1 is 1.18 bits per heavy atom. The van der Waals surface area contributed by atoms with Gasteiger partial charge in [0.15, 0.2) is 0 Å². The maximum Gasteiger partial charge on any atom is 0.253 e. The molecular weight excluding hydrogens is 296 g/mol. The van der Waals surface area contributed by atoms with Crippen molar-refractivity contribution in [3.63, 3.8) is 0 Å². The molecule has 0 saturated carbocycles. The Kier molecular flexibility index (Phi) is 6.44. The minimum absolute atomic E-state index is 0. The van der Waals surface area contributed by atoms with Crippen molar-refractivity contribution in [2.45, 2.75) is 26.3 Å². The summed E-state index contributed by atoms with van der Waals surface area (Å²) in [6, 6.07) is 15.7. The molecule has 4 heteroatoms. The van der Waals surface area contributed by atoms with E-state index in [9.17, 15) is 4.79 Å². The van der Waals surface area contributed by atoms with Crippen molar-refractivity contribution in [1.29, 1.82) is 0 Å². The van der Waals surface area contributed by atoms with E-state index in [1.165, 1.54) is 11.1 Å². The zero-order chi connectivity index (χ0) is 15.4. The average molecular weight is 319 g/mol. The maximum atomic E-state index is 12.5. The van der Waals surface area contributed by atoms with E-state index in [0.29, 0.717) is 11.3 Å². The number of benzene rings is 2. The molecule has 0 spiro atoms. The summed E-state index contributed by atoms with van der Waals surface area (Å²) in [7, 11) is 1.84. The third kappa shape index (κ3) is 4.50. The molecule has 0 bridgehead atoms. The van der Waals surface area contributed by atoms with Crippen molar-refractivity contribution in [3.8, 4) is 0 Å². The average Bonchev–Trinajstić information content (AvgIpc) is 2.48. The van der Waals surface area contributed by atoms with Crippen molar-refractivity contribution in [3.05, 3.63) is 65.2 Å². The second-order valence-electron chi connectivity index (χ2n) is 5.58. The number of carbonyl (C=O) groups excluding carboxylic acids is 1. The zero-order valence-corrected chi connectivity index (χ0v) is 14.1. The van der Waals surface area contributed by atoms with E-state index in [-0.39, 0.29) is 24.4 Å². The van der Waals surface area contributed by atoms with Gasteiger partial charge in [-0.3, -0.25) is 4.79 Å². The van der Waals surface area contributed by atoms with Crippen molar-refractivity contribution < 1.29 is 4.79 Å². The first-order chi connectivity index (χ1) is 9.97. The Morgan fingerprint density at radius 3 is 2.41 bits per heavy atom. The van der Waals surface area contributed by atoms with Gasteiger partial charge in [0.1, 0.15) is 0 Å². The van der Waals surface area contributed by atoms with E-state index in [2.05, 4.69) is 38.1 Å². The molecule has 3 nitrogen and oxygen atoms in total. The van der Waals surface area contributed by atoms with Gasteiger partial charge in [-0.25, -0.2) is 0 Å². The summed E-state index contributed by atoms with van der Waals surface area (Å²) >= 11 is 0. The first-order valence-electron chi connectivity index (χ1n) is 7.15. The van der Waals surface area contributed by atoms with Crippen LogP contribution in [-0.2, 0) is 6.42 Å². The lowest BCUT2D eigenvalue weighted by atomic mass is 10.0. The van der Waals surface area contributed by atoms with Crippen LogP contribution in [0.4, 0.5) is 5.69 Å². The molecule has 0 aliphatic carbocycles. The summed E-state index contributed by atoms with van der Waals surface area (Å²) in [6.45, 7) is 4.13. The van der Waals surface area contributed by atoms with E-state index < -0.39 is 0 Å². The van der Waals surface area contributed by atoms with Gasteiger partial charge in [0.05, 0.1) is 0 Å². The van der Waals surface area contributed by atoms with Crippen LogP contribution in [0.25, 0.3) is 0 Å². The third-order valence-corrected chi connectivity index (χ3v) is 3.77. The second-order valence-corrected chi connectivity index (χ2v) is 5.58. The van der Waals surface area contributed by atoms with Gasteiger partial charge in [-0.15, -0.1) is 12.4 Å². The number of aryl methyl sites for hydroxylation is 1. The molecule has 0 aliphatic rings. The van der Waals surface area contributed by atoms with Crippen molar-refractivity contribution in [2.75, 3.05) is 12.8 Å². The predicted octanol–water partition coefficient (Wildman–Crippen LogP) is 3.70. The summed E-state index contributed by atoms with van der Waals surface area (Å²) in [5, 5.41) is 0. The highest BCUT2D eigenvalue weighted by molar-refractivity contribution is 5.95. The highest BCUT2D eigenvalue weighted by Gasteiger charge is 2.17. The van der Waals surface area contributed by atoms with Crippen LogP contribution in [0.1, 0.15) is 28.4 Å². The molecule has 2 aromatic carbocycles. The number of halogens is 1.